The molecule has 2 fully saturated rings. The third-order valence-electron chi connectivity index (χ3n) is 6.07. The van der Waals surface area contributed by atoms with Crippen molar-refractivity contribution in [3.8, 4) is 0 Å². The SMILES string of the molecule is CC(C)C[C@H]1ON(C(=O)OCc2ccccc2)C2CN(CCC(N)=O)C(=O)[C@H](CC(C)C)N2C1=O. The van der Waals surface area contributed by atoms with Gasteiger partial charge in [-0.15, -0.1) is 0 Å². The Kier molecular flexibility index (Phi) is 8.71. The zero-order valence-corrected chi connectivity index (χ0v) is 20.9. The van der Waals surface area contributed by atoms with E-state index in [0.717, 1.165) is 10.6 Å². The Morgan fingerprint density at radius 1 is 1.06 bits per heavy atom. The van der Waals surface area contributed by atoms with E-state index in [-0.39, 0.29) is 49.8 Å². The summed E-state index contributed by atoms with van der Waals surface area (Å²) in [5, 5.41) is 1.09. The molecule has 0 bridgehead atoms. The summed E-state index contributed by atoms with van der Waals surface area (Å²) >= 11 is 0. The normalized spacial score (nSPS) is 22.6. The van der Waals surface area contributed by atoms with Crippen molar-refractivity contribution in [2.45, 2.75) is 71.9 Å². The monoisotopic (exact) mass is 488 g/mol. The number of fused-ring (bicyclic) bond motifs is 1. The van der Waals surface area contributed by atoms with Gasteiger partial charge in [0, 0.05) is 13.0 Å². The van der Waals surface area contributed by atoms with Gasteiger partial charge in [0.05, 0.1) is 6.54 Å². The number of benzene rings is 1. The second-order valence-corrected chi connectivity index (χ2v) is 9.96. The first-order valence-electron chi connectivity index (χ1n) is 12.1. The van der Waals surface area contributed by atoms with Crippen LogP contribution in [-0.4, -0.2) is 70.1 Å². The van der Waals surface area contributed by atoms with Gasteiger partial charge in [0.2, 0.25) is 11.8 Å². The number of amides is 4. The predicted molar refractivity (Wildman–Crippen MR) is 127 cm³/mol. The predicted octanol–water partition coefficient (Wildman–Crippen LogP) is 2.27. The molecule has 0 aromatic heterocycles. The first-order valence-corrected chi connectivity index (χ1v) is 12.1. The van der Waals surface area contributed by atoms with E-state index in [1.807, 2.05) is 58.0 Å². The maximum Gasteiger partial charge on any atom is 0.436 e. The number of hydrogen-bond acceptors (Lipinski definition) is 6. The molecule has 2 saturated heterocycles. The Bertz CT molecular complexity index is 922. The van der Waals surface area contributed by atoms with Crippen molar-refractivity contribution in [1.82, 2.24) is 14.9 Å². The van der Waals surface area contributed by atoms with Gasteiger partial charge in [-0.05, 0) is 30.2 Å². The fourth-order valence-electron chi connectivity index (χ4n) is 4.45. The fraction of sp³-hybridized carbons (Fsp3) is 0.600. The lowest BCUT2D eigenvalue weighted by Gasteiger charge is -2.53. The lowest BCUT2D eigenvalue weighted by atomic mass is 9.95. The average molecular weight is 489 g/mol. The van der Waals surface area contributed by atoms with E-state index < -0.39 is 30.3 Å². The molecule has 0 spiro atoms. The zero-order chi connectivity index (χ0) is 25.7. The third-order valence-corrected chi connectivity index (χ3v) is 6.07. The minimum absolute atomic E-state index is 0.00127. The summed E-state index contributed by atoms with van der Waals surface area (Å²) in [7, 11) is 0. The Morgan fingerprint density at radius 3 is 2.31 bits per heavy atom. The van der Waals surface area contributed by atoms with Gasteiger partial charge >= 0.3 is 6.09 Å². The molecule has 0 aliphatic carbocycles. The number of rotatable bonds is 9. The largest absolute Gasteiger partial charge is 0.443 e. The van der Waals surface area contributed by atoms with Crippen LogP contribution >= 0.6 is 0 Å². The summed E-state index contributed by atoms with van der Waals surface area (Å²) in [4.78, 5) is 60.4. The summed E-state index contributed by atoms with van der Waals surface area (Å²) in [6.45, 7) is 7.98. The highest BCUT2D eigenvalue weighted by atomic mass is 16.7. The molecule has 192 valence electrons. The van der Waals surface area contributed by atoms with Crippen molar-refractivity contribution in [2.24, 2.45) is 17.6 Å². The highest BCUT2D eigenvalue weighted by Gasteiger charge is 2.53. The van der Waals surface area contributed by atoms with Gasteiger partial charge in [-0.1, -0.05) is 58.0 Å². The van der Waals surface area contributed by atoms with Crippen molar-refractivity contribution in [3.63, 3.8) is 0 Å². The number of ether oxygens (including phenoxy) is 1. The van der Waals surface area contributed by atoms with Gasteiger partial charge in [0.25, 0.3) is 5.91 Å². The molecule has 2 aliphatic rings. The molecule has 10 heteroatoms. The van der Waals surface area contributed by atoms with Gasteiger partial charge in [0.15, 0.2) is 12.3 Å². The number of nitrogens with zero attached hydrogens (tertiary/aromatic N) is 3. The first-order chi connectivity index (χ1) is 16.6. The van der Waals surface area contributed by atoms with E-state index in [1.165, 1.54) is 9.80 Å². The quantitative estimate of drug-likeness (QED) is 0.569. The van der Waals surface area contributed by atoms with Crippen LogP contribution in [0.15, 0.2) is 30.3 Å². The second kappa shape index (κ2) is 11.5. The first kappa shape index (κ1) is 26.5. The van der Waals surface area contributed by atoms with Crippen LogP contribution in [0.5, 0.6) is 0 Å². The molecule has 1 aromatic rings. The maximum absolute atomic E-state index is 13.5. The maximum atomic E-state index is 13.5. The molecule has 1 aromatic carbocycles. The summed E-state index contributed by atoms with van der Waals surface area (Å²) in [5.74, 6) is -0.874. The van der Waals surface area contributed by atoms with Crippen LogP contribution < -0.4 is 5.73 Å². The lowest BCUT2D eigenvalue weighted by Crippen LogP contribution is -2.73. The minimum Gasteiger partial charge on any atom is -0.443 e. The number of carbonyl (C=O) groups excluding carboxylic acids is 4. The van der Waals surface area contributed by atoms with Crippen molar-refractivity contribution >= 4 is 23.8 Å². The van der Waals surface area contributed by atoms with Crippen LogP contribution in [0.25, 0.3) is 0 Å². The van der Waals surface area contributed by atoms with Gasteiger partial charge in [-0.3, -0.25) is 19.2 Å². The number of primary amides is 1. The topological polar surface area (TPSA) is 122 Å². The molecule has 2 N–H and O–H groups in total. The van der Waals surface area contributed by atoms with E-state index in [2.05, 4.69) is 0 Å². The molecule has 35 heavy (non-hydrogen) atoms. The van der Waals surface area contributed by atoms with Crippen molar-refractivity contribution in [3.05, 3.63) is 35.9 Å². The smallest absolute Gasteiger partial charge is 0.436 e. The lowest BCUT2D eigenvalue weighted by molar-refractivity contribution is -0.269. The van der Waals surface area contributed by atoms with Crippen molar-refractivity contribution in [1.29, 1.82) is 0 Å². The minimum atomic E-state index is -0.907. The number of hydroxylamine groups is 2. The van der Waals surface area contributed by atoms with Crippen molar-refractivity contribution < 1.29 is 28.8 Å². The van der Waals surface area contributed by atoms with Gasteiger partial charge in [0.1, 0.15) is 12.6 Å². The molecule has 3 atom stereocenters. The third kappa shape index (κ3) is 6.50. The fourth-order valence-corrected chi connectivity index (χ4v) is 4.45. The van der Waals surface area contributed by atoms with E-state index in [0.29, 0.717) is 12.8 Å². The number of hydrogen-bond donors (Lipinski definition) is 1. The number of carbonyl (C=O) groups is 4. The Hall–Kier alpha value is -3.14. The van der Waals surface area contributed by atoms with E-state index in [4.69, 9.17) is 15.3 Å². The van der Waals surface area contributed by atoms with Gasteiger partial charge < -0.3 is 20.3 Å². The van der Waals surface area contributed by atoms with E-state index in [1.54, 1.807) is 0 Å². The molecule has 1 unspecified atom stereocenters. The highest BCUT2D eigenvalue weighted by Crippen LogP contribution is 2.32. The van der Waals surface area contributed by atoms with Crippen molar-refractivity contribution in [2.75, 3.05) is 13.1 Å². The summed E-state index contributed by atoms with van der Waals surface area (Å²) in [6.07, 6.45) is -1.74. The van der Waals surface area contributed by atoms with Crippen LogP contribution in [-0.2, 0) is 30.6 Å². The molecular formula is C25H36N4O6. The second-order valence-electron chi connectivity index (χ2n) is 9.96. The molecule has 4 amide bonds. The molecule has 10 nitrogen and oxygen atoms in total. The van der Waals surface area contributed by atoms with Gasteiger partial charge in [-0.2, -0.15) is 5.06 Å². The van der Waals surface area contributed by atoms with Crippen LogP contribution in [0.4, 0.5) is 4.79 Å². The average Bonchev–Trinajstić information content (AvgIpc) is 2.79. The number of nitrogens with two attached hydrogens (primary N) is 1. The van der Waals surface area contributed by atoms with E-state index >= 15 is 0 Å². The highest BCUT2D eigenvalue weighted by molar-refractivity contribution is 5.92. The van der Waals surface area contributed by atoms with Crippen LogP contribution in [0.2, 0.25) is 0 Å². The Morgan fingerprint density at radius 2 is 1.71 bits per heavy atom. The summed E-state index contributed by atoms with van der Waals surface area (Å²) < 4.78 is 5.53. The molecular weight excluding hydrogens is 452 g/mol. The molecule has 2 aliphatic heterocycles. The molecule has 3 rings (SSSR count). The Balaban J connectivity index is 1.91. The van der Waals surface area contributed by atoms with Gasteiger partial charge in [-0.25, -0.2) is 4.79 Å². The van der Waals surface area contributed by atoms with Crippen LogP contribution in [0.3, 0.4) is 0 Å². The van der Waals surface area contributed by atoms with Crippen LogP contribution in [0, 0.1) is 11.8 Å². The Labute approximate surface area is 206 Å². The molecule has 2 heterocycles. The van der Waals surface area contributed by atoms with E-state index in [9.17, 15) is 19.2 Å². The summed E-state index contributed by atoms with van der Waals surface area (Å²) in [6, 6.07) is 8.46. The summed E-state index contributed by atoms with van der Waals surface area (Å²) in [5.41, 5.74) is 6.12. The number of piperazine rings is 1. The zero-order valence-electron chi connectivity index (χ0n) is 20.9. The van der Waals surface area contributed by atoms with Crippen LogP contribution in [0.1, 0.15) is 52.5 Å². The standard InChI is InChI=1S/C25H36N4O6/c1-16(2)12-19-23(31)27(11-10-21(26)30)14-22-28(19)24(32)20(13-17(3)4)35-29(22)25(33)34-15-18-8-6-5-7-9-18/h5-9,16-17,19-20,22H,10-15H2,1-4H3,(H2,26,30)/t19-,20+,22?/m0/s1. The molecule has 0 saturated carbocycles. The molecule has 0 radical (unpaired) electrons.